The van der Waals surface area contributed by atoms with Gasteiger partial charge in [0.1, 0.15) is 11.5 Å². The van der Waals surface area contributed by atoms with Gasteiger partial charge in [-0.15, -0.1) is 0 Å². The third-order valence-corrected chi connectivity index (χ3v) is 2.98. The highest BCUT2D eigenvalue weighted by atomic mass is 16.5. The van der Waals surface area contributed by atoms with Gasteiger partial charge in [-0.05, 0) is 31.4 Å². The lowest BCUT2D eigenvalue weighted by Gasteiger charge is -2.13. The zero-order valence-electron chi connectivity index (χ0n) is 11.1. The van der Waals surface area contributed by atoms with E-state index in [1.807, 2.05) is 26.0 Å². The van der Waals surface area contributed by atoms with E-state index in [0.29, 0.717) is 16.9 Å². The number of nitrogens with zero attached hydrogens (tertiary/aromatic N) is 1. The summed E-state index contributed by atoms with van der Waals surface area (Å²) in [7, 11) is 3.15. The molecule has 0 saturated heterocycles. The van der Waals surface area contributed by atoms with Gasteiger partial charge < -0.3 is 14.0 Å². The van der Waals surface area contributed by atoms with Crippen LogP contribution >= 0.6 is 0 Å². The largest absolute Gasteiger partial charge is 0.497 e. The minimum atomic E-state index is -0.0398. The molecule has 0 spiro atoms. The van der Waals surface area contributed by atoms with Crippen molar-refractivity contribution >= 4 is 10.8 Å². The van der Waals surface area contributed by atoms with Crippen LogP contribution in [0.4, 0.5) is 0 Å². The maximum atomic E-state index is 12.4. The average Bonchev–Trinajstić information content (AvgIpc) is 2.37. The predicted molar refractivity (Wildman–Crippen MR) is 71.7 cm³/mol. The molecule has 0 aliphatic heterocycles. The molecule has 2 aromatic rings. The van der Waals surface area contributed by atoms with Crippen LogP contribution in [-0.4, -0.2) is 18.8 Å². The fourth-order valence-corrected chi connectivity index (χ4v) is 2.01. The van der Waals surface area contributed by atoms with Crippen LogP contribution in [0, 0.1) is 0 Å². The molecule has 1 aromatic heterocycles. The number of hydrogen-bond acceptors (Lipinski definition) is 3. The highest BCUT2D eigenvalue weighted by Gasteiger charge is 2.12. The van der Waals surface area contributed by atoms with Gasteiger partial charge in [-0.3, -0.25) is 4.79 Å². The van der Waals surface area contributed by atoms with Gasteiger partial charge in [-0.2, -0.15) is 0 Å². The van der Waals surface area contributed by atoms with E-state index >= 15 is 0 Å². The predicted octanol–water partition coefficient (Wildman–Crippen LogP) is 2.60. The maximum absolute atomic E-state index is 12.4. The van der Waals surface area contributed by atoms with E-state index in [4.69, 9.17) is 9.47 Å². The molecule has 0 bridgehead atoms. The van der Waals surface area contributed by atoms with Crippen LogP contribution in [0.3, 0.4) is 0 Å². The smallest absolute Gasteiger partial charge is 0.262 e. The van der Waals surface area contributed by atoms with Crippen LogP contribution in [-0.2, 0) is 0 Å². The lowest BCUT2D eigenvalue weighted by atomic mass is 10.1. The minimum absolute atomic E-state index is 0.0398. The molecule has 0 saturated carbocycles. The quantitative estimate of drug-likeness (QED) is 0.837. The van der Waals surface area contributed by atoms with Crippen molar-refractivity contribution in [3.8, 4) is 11.5 Å². The lowest BCUT2D eigenvalue weighted by molar-refractivity contribution is 0.397. The zero-order chi connectivity index (χ0) is 13.3. The van der Waals surface area contributed by atoms with Crippen molar-refractivity contribution in [2.75, 3.05) is 14.2 Å². The van der Waals surface area contributed by atoms with Gasteiger partial charge in [-0.1, -0.05) is 0 Å². The molecular formula is C14H17NO3. The fraction of sp³-hybridized carbons (Fsp3) is 0.357. The Morgan fingerprint density at radius 2 is 1.89 bits per heavy atom. The Bertz CT molecular complexity index is 629. The van der Waals surface area contributed by atoms with Gasteiger partial charge in [0.25, 0.3) is 5.56 Å². The second-order valence-corrected chi connectivity index (χ2v) is 4.42. The summed E-state index contributed by atoms with van der Waals surface area (Å²) < 4.78 is 12.2. The van der Waals surface area contributed by atoms with E-state index in [1.165, 1.54) is 0 Å². The van der Waals surface area contributed by atoms with Gasteiger partial charge in [-0.25, -0.2) is 0 Å². The molecule has 4 heteroatoms. The van der Waals surface area contributed by atoms with Gasteiger partial charge in [0.15, 0.2) is 0 Å². The van der Waals surface area contributed by atoms with Crippen molar-refractivity contribution in [2.24, 2.45) is 0 Å². The molecule has 1 heterocycles. The normalized spacial score (nSPS) is 10.9. The van der Waals surface area contributed by atoms with E-state index in [0.717, 1.165) is 5.39 Å². The molecule has 1 aromatic carbocycles. The molecule has 0 N–H and O–H groups in total. The average molecular weight is 247 g/mol. The Hall–Kier alpha value is -1.97. The Morgan fingerprint density at radius 1 is 1.17 bits per heavy atom. The summed E-state index contributed by atoms with van der Waals surface area (Å²) in [5, 5.41) is 1.42. The molecule has 18 heavy (non-hydrogen) atoms. The van der Waals surface area contributed by atoms with E-state index in [9.17, 15) is 4.79 Å². The van der Waals surface area contributed by atoms with Crippen molar-refractivity contribution in [2.45, 2.75) is 19.9 Å². The van der Waals surface area contributed by atoms with Crippen LogP contribution in [0.5, 0.6) is 11.5 Å². The van der Waals surface area contributed by atoms with E-state index in [-0.39, 0.29) is 11.6 Å². The van der Waals surface area contributed by atoms with Crippen LogP contribution < -0.4 is 15.0 Å². The number of fused-ring (bicyclic) bond motifs is 1. The first kappa shape index (κ1) is 12.5. The molecule has 96 valence electrons. The van der Waals surface area contributed by atoms with Crippen LogP contribution in [0.2, 0.25) is 0 Å². The fourth-order valence-electron chi connectivity index (χ4n) is 2.01. The molecule has 0 aliphatic carbocycles. The molecule has 0 atom stereocenters. The summed E-state index contributed by atoms with van der Waals surface area (Å²) in [5.74, 6) is 1.23. The topological polar surface area (TPSA) is 40.5 Å². The second-order valence-electron chi connectivity index (χ2n) is 4.42. The molecule has 0 aliphatic rings. The third kappa shape index (κ3) is 1.94. The summed E-state index contributed by atoms with van der Waals surface area (Å²) in [6.07, 6.45) is 1.80. The minimum Gasteiger partial charge on any atom is -0.497 e. The Kier molecular flexibility index (Phi) is 3.28. The first-order valence-corrected chi connectivity index (χ1v) is 5.85. The highest BCUT2D eigenvalue weighted by molar-refractivity contribution is 5.89. The number of hydrogen-bond donors (Lipinski definition) is 0. The molecule has 0 amide bonds. The highest BCUT2D eigenvalue weighted by Crippen LogP contribution is 2.28. The third-order valence-electron chi connectivity index (χ3n) is 2.98. The number of ether oxygens (including phenoxy) is 2. The number of benzene rings is 1. The number of pyridine rings is 1. The number of aromatic nitrogens is 1. The van der Waals surface area contributed by atoms with Crippen molar-refractivity contribution in [3.63, 3.8) is 0 Å². The summed E-state index contributed by atoms with van der Waals surface area (Å²) in [5.41, 5.74) is -0.0398. The Morgan fingerprint density at radius 3 is 2.44 bits per heavy atom. The monoisotopic (exact) mass is 247 g/mol. The number of rotatable bonds is 3. The van der Waals surface area contributed by atoms with Crippen LogP contribution in [0.15, 0.2) is 29.2 Å². The molecule has 0 unspecified atom stereocenters. The van der Waals surface area contributed by atoms with Gasteiger partial charge >= 0.3 is 0 Å². The summed E-state index contributed by atoms with van der Waals surface area (Å²) in [6, 6.07) is 5.59. The van der Waals surface area contributed by atoms with Gasteiger partial charge in [0.05, 0.1) is 19.6 Å². The standard InChI is InChI=1S/C14H17NO3/c1-9(2)15-6-5-10-7-11(17-3)8-12(18-4)13(10)14(15)16/h5-9H,1-4H3. The van der Waals surface area contributed by atoms with Crippen molar-refractivity contribution in [1.29, 1.82) is 0 Å². The van der Waals surface area contributed by atoms with Crippen LogP contribution in [0.25, 0.3) is 10.8 Å². The molecular weight excluding hydrogens is 230 g/mol. The van der Waals surface area contributed by atoms with E-state index in [2.05, 4.69) is 0 Å². The van der Waals surface area contributed by atoms with Gasteiger partial charge in [0.2, 0.25) is 0 Å². The SMILES string of the molecule is COc1cc(OC)c2c(=O)n(C(C)C)ccc2c1. The van der Waals surface area contributed by atoms with E-state index < -0.39 is 0 Å². The first-order chi connectivity index (χ1) is 8.58. The van der Waals surface area contributed by atoms with Crippen molar-refractivity contribution in [1.82, 2.24) is 4.57 Å². The molecule has 0 fully saturated rings. The first-order valence-electron chi connectivity index (χ1n) is 5.85. The Balaban J connectivity index is 2.84. The summed E-state index contributed by atoms with van der Waals surface area (Å²) >= 11 is 0. The maximum Gasteiger partial charge on any atom is 0.262 e. The molecule has 4 nitrogen and oxygen atoms in total. The van der Waals surface area contributed by atoms with Gasteiger partial charge in [0, 0.05) is 18.3 Å². The second kappa shape index (κ2) is 4.72. The van der Waals surface area contributed by atoms with Crippen LogP contribution in [0.1, 0.15) is 19.9 Å². The zero-order valence-corrected chi connectivity index (χ0v) is 11.1. The molecule has 2 rings (SSSR count). The lowest BCUT2D eigenvalue weighted by Crippen LogP contribution is -2.21. The molecule has 0 radical (unpaired) electrons. The Labute approximate surface area is 106 Å². The number of methoxy groups -OCH3 is 2. The summed E-state index contributed by atoms with van der Waals surface area (Å²) in [6.45, 7) is 3.95. The van der Waals surface area contributed by atoms with Crippen molar-refractivity contribution < 1.29 is 9.47 Å². The van der Waals surface area contributed by atoms with Crippen molar-refractivity contribution in [3.05, 3.63) is 34.7 Å². The van der Waals surface area contributed by atoms with E-state index in [1.54, 1.807) is 31.0 Å². The summed E-state index contributed by atoms with van der Waals surface area (Å²) in [4.78, 5) is 12.4.